The van der Waals surface area contributed by atoms with Gasteiger partial charge in [0.05, 0.1) is 0 Å². The number of allylic oxidation sites excluding steroid dienone is 20. The smallest absolute Gasteiger partial charge is 0.222 e. The average Bonchev–Trinajstić information content (AvgIpc) is 2.91. The highest BCUT2D eigenvalue weighted by atomic mass is 16.3. The fourth-order valence-corrected chi connectivity index (χ4v) is 4.62. The highest BCUT2D eigenvalue weighted by Gasteiger charge is 2.30. The minimum atomic E-state index is -0.393. The van der Waals surface area contributed by atoms with Crippen LogP contribution >= 0.6 is 0 Å². The molecule has 0 aliphatic heterocycles. The zero-order chi connectivity index (χ0) is 31.4. The summed E-state index contributed by atoms with van der Waals surface area (Å²) in [5, 5.41) is 9.88. The molecule has 0 fully saturated rings. The van der Waals surface area contributed by atoms with Gasteiger partial charge < -0.3 is 5.11 Å². The molecule has 0 bridgehead atoms. The maximum atomic E-state index is 12.2. The van der Waals surface area contributed by atoms with Gasteiger partial charge in [-0.25, -0.2) is 0 Å². The van der Waals surface area contributed by atoms with E-state index in [1.165, 1.54) is 33.4 Å². The molecule has 0 saturated heterocycles. The lowest BCUT2D eigenvalue weighted by atomic mass is 9.76. The van der Waals surface area contributed by atoms with E-state index < -0.39 is 5.41 Å². The van der Waals surface area contributed by atoms with Crippen molar-refractivity contribution in [1.82, 2.24) is 0 Å². The highest BCUT2D eigenvalue weighted by Crippen LogP contribution is 2.37. The van der Waals surface area contributed by atoms with Crippen LogP contribution in [0.2, 0.25) is 0 Å². The Morgan fingerprint density at radius 1 is 0.667 bits per heavy atom. The van der Waals surface area contributed by atoms with Gasteiger partial charge in [-0.3, -0.25) is 4.79 Å². The number of carbonyl (C=O) groups is 1. The van der Waals surface area contributed by atoms with Crippen LogP contribution in [-0.4, -0.2) is 10.9 Å². The van der Waals surface area contributed by atoms with E-state index in [2.05, 4.69) is 108 Å². The van der Waals surface area contributed by atoms with Crippen LogP contribution in [0.1, 0.15) is 70.7 Å². The average molecular weight is 561 g/mol. The van der Waals surface area contributed by atoms with Gasteiger partial charge in [-0.15, -0.1) is 0 Å². The topological polar surface area (TPSA) is 37.3 Å². The fraction of sp³-hybridized carbons (Fsp3) is 0.275. The Kier molecular flexibility index (Phi) is 12.7. The zero-order valence-corrected chi connectivity index (χ0v) is 27.2. The van der Waals surface area contributed by atoms with Crippen LogP contribution in [0.25, 0.3) is 6.08 Å². The van der Waals surface area contributed by atoms with Crippen molar-refractivity contribution in [3.63, 3.8) is 0 Å². The second kappa shape index (κ2) is 15.7. The molecule has 0 amide bonds. The van der Waals surface area contributed by atoms with Gasteiger partial charge in [0.25, 0.3) is 0 Å². The van der Waals surface area contributed by atoms with E-state index in [4.69, 9.17) is 0 Å². The number of aliphatic hydroxyl groups is 1. The number of hydrogen-bond donors (Lipinski definition) is 1. The van der Waals surface area contributed by atoms with E-state index in [1.807, 2.05) is 51.2 Å². The maximum Gasteiger partial charge on any atom is 0.222 e. The minimum Gasteiger partial charge on any atom is -0.504 e. The lowest BCUT2D eigenvalue weighted by molar-refractivity contribution is -0.114. The summed E-state index contributed by atoms with van der Waals surface area (Å²) < 4.78 is 0. The Balaban J connectivity index is 1.93. The van der Waals surface area contributed by atoms with Crippen molar-refractivity contribution < 1.29 is 9.90 Å². The summed E-state index contributed by atoms with van der Waals surface area (Å²) in [6.07, 6.45) is 30.7. The van der Waals surface area contributed by atoms with Crippen molar-refractivity contribution >= 4 is 11.9 Å². The van der Waals surface area contributed by atoms with Gasteiger partial charge in [0.15, 0.2) is 5.76 Å². The Hall–Kier alpha value is -4.17. The number of Topliss-reactive ketones (excluding diaryl/α,β-unsaturated/α-hetero) is 1. The lowest BCUT2D eigenvalue weighted by Crippen LogP contribution is -2.23. The molecule has 1 aliphatic carbocycles. The van der Waals surface area contributed by atoms with Crippen molar-refractivity contribution in [2.75, 3.05) is 0 Å². The molecule has 0 unspecified atom stereocenters. The van der Waals surface area contributed by atoms with Crippen LogP contribution in [0, 0.1) is 26.2 Å². The van der Waals surface area contributed by atoms with Gasteiger partial charge >= 0.3 is 0 Å². The van der Waals surface area contributed by atoms with Gasteiger partial charge in [0.2, 0.25) is 5.78 Å². The summed E-state index contributed by atoms with van der Waals surface area (Å²) in [5.41, 5.74) is 11.0. The lowest BCUT2D eigenvalue weighted by Gasteiger charge is -2.28. The van der Waals surface area contributed by atoms with Crippen molar-refractivity contribution in [2.45, 2.75) is 69.2 Å². The molecule has 0 atom stereocenters. The van der Waals surface area contributed by atoms with E-state index in [1.54, 1.807) is 13.0 Å². The molecular weight excluding hydrogens is 512 g/mol. The molecule has 0 aromatic heterocycles. The Morgan fingerprint density at radius 3 is 1.67 bits per heavy atom. The molecule has 1 aliphatic rings. The second-order valence-corrected chi connectivity index (χ2v) is 11.8. The summed E-state index contributed by atoms with van der Waals surface area (Å²) in [5.74, 6) is -0.470. The standard InChI is InChI=1S/C40H48O2/c1-28(17-13-19-30(3)21-25-36-33(6)24-23-32(5)34(36)7)15-11-12-16-29(2)18-14-20-31(4)22-26-37-35(8)39(42)38(41)27-40(37,9)10/h11-27,41H,1-10H3. The van der Waals surface area contributed by atoms with Gasteiger partial charge in [-0.1, -0.05) is 133 Å². The largest absolute Gasteiger partial charge is 0.504 e. The molecule has 1 aromatic carbocycles. The number of carbonyl (C=O) groups excluding carboxylic acids is 1. The second-order valence-electron chi connectivity index (χ2n) is 11.8. The molecule has 2 heteroatoms. The number of hydrogen-bond acceptors (Lipinski definition) is 2. The quantitative estimate of drug-likeness (QED) is 0.289. The summed E-state index contributed by atoms with van der Waals surface area (Å²) in [4.78, 5) is 12.2. The molecule has 0 spiro atoms. The van der Waals surface area contributed by atoms with Gasteiger partial charge in [0.1, 0.15) is 0 Å². The van der Waals surface area contributed by atoms with Crippen molar-refractivity contribution in [3.8, 4) is 0 Å². The fourth-order valence-electron chi connectivity index (χ4n) is 4.62. The van der Waals surface area contributed by atoms with E-state index in [0.717, 1.165) is 16.7 Å². The number of ketones is 1. The molecule has 0 radical (unpaired) electrons. The molecule has 2 nitrogen and oxygen atoms in total. The SMILES string of the molecule is CC(C=CC=C(C)C=CC1=C(C)C(=O)C(O)=CC1(C)C)=CC=CC=C(C)C=CC=C(C)C=Cc1c(C)ccc(C)c1C. The Labute approximate surface area is 254 Å². The first kappa shape index (κ1) is 34.0. The third-order valence-corrected chi connectivity index (χ3v) is 7.46. The van der Waals surface area contributed by atoms with Crippen LogP contribution < -0.4 is 0 Å². The van der Waals surface area contributed by atoms with Crippen LogP contribution in [0.15, 0.2) is 136 Å². The molecule has 0 saturated carbocycles. The molecule has 1 aromatic rings. The van der Waals surface area contributed by atoms with Crippen molar-refractivity contribution in [1.29, 1.82) is 0 Å². The summed E-state index contributed by atoms with van der Waals surface area (Å²) in [6.45, 7) is 20.6. The summed E-state index contributed by atoms with van der Waals surface area (Å²) in [6, 6.07) is 4.36. The first-order chi connectivity index (χ1) is 19.7. The van der Waals surface area contributed by atoms with Crippen LogP contribution in [-0.2, 0) is 4.79 Å². The van der Waals surface area contributed by atoms with E-state index in [-0.39, 0.29) is 11.5 Å². The molecule has 2 rings (SSSR count). The number of aliphatic hydroxyl groups excluding tert-OH is 1. The normalized spacial score (nSPS) is 17.8. The van der Waals surface area contributed by atoms with Gasteiger partial charge in [-0.05, 0) is 89.3 Å². The first-order valence-electron chi connectivity index (χ1n) is 14.6. The molecule has 220 valence electrons. The highest BCUT2D eigenvalue weighted by molar-refractivity contribution is 6.08. The van der Waals surface area contributed by atoms with Gasteiger partial charge in [-0.2, -0.15) is 0 Å². The zero-order valence-electron chi connectivity index (χ0n) is 27.2. The molecule has 42 heavy (non-hydrogen) atoms. The van der Waals surface area contributed by atoms with E-state index >= 15 is 0 Å². The maximum absolute atomic E-state index is 12.2. The van der Waals surface area contributed by atoms with Gasteiger partial charge in [0, 0.05) is 11.0 Å². The molecule has 0 heterocycles. The number of rotatable bonds is 10. The molecular formula is C40H48O2. The molecule has 1 N–H and O–H groups in total. The summed E-state index contributed by atoms with van der Waals surface area (Å²) in [7, 11) is 0. The third kappa shape index (κ3) is 10.3. The minimum absolute atomic E-state index is 0.168. The number of benzene rings is 1. The predicted octanol–water partition coefficient (Wildman–Crippen LogP) is 11.0. The van der Waals surface area contributed by atoms with Crippen LogP contribution in [0.5, 0.6) is 0 Å². The third-order valence-electron chi connectivity index (χ3n) is 7.46. The first-order valence-corrected chi connectivity index (χ1v) is 14.6. The predicted molar refractivity (Wildman–Crippen MR) is 183 cm³/mol. The van der Waals surface area contributed by atoms with E-state index in [0.29, 0.717) is 5.57 Å². The van der Waals surface area contributed by atoms with E-state index in [9.17, 15) is 9.90 Å². The van der Waals surface area contributed by atoms with Crippen molar-refractivity contribution in [3.05, 3.63) is 159 Å². The Bertz CT molecular complexity index is 1510. The van der Waals surface area contributed by atoms with Crippen LogP contribution in [0.4, 0.5) is 0 Å². The van der Waals surface area contributed by atoms with Crippen molar-refractivity contribution in [2.24, 2.45) is 5.41 Å². The summed E-state index contributed by atoms with van der Waals surface area (Å²) >= 11 is 0. The Morgan fingerprint density at radius 2 is 1.12 bits per heavy atom. The number of aryl methyl sites for hydroxylation is 2. The van der Waals surface area contributed by atoms with Crippen LogP contribution in [0.3, 0.4) is 0 Å². The monoisotopic (exact) mass is 560 g/mol.